The summed E-state index contributed by atoms with van der Waals surface area (Å²) in [6.07, 6.45) is 0. The number of hydrogen-bond donors (Lipinski definition) is 1. The normalized spacial score (nSPS) is 10.2. The molecular weight excluding hydrogens is 315 g/mol. The highest BCUT2D eigenvalue weighted by molar-refractivity contribution is 6.36. The molecule has 7 heteroatoms. The second-order valence-corrected chi connectivity index (χ2v) is 5.15. The number of amides is 1. The van der Waals surface area contributed by atoms with Gasteiger partial charge in [0.1, 0.15) is 5.56 Å². The van der Waals surface area contributed by atoms with Crippen molar-refractivity contribution in [2.24, 2.45) is 0 Å². The Labute approximate surface area is 130 Å². The summed E-state index contributed by atoms with van der Waals surface area (Å²) in [7, 11) is 0. The van der Waals surface area contributed by atoms with Gasteiger partial charge in [0.25, 0.3) is 11.6 Å². The Morgan fingerprint density at radius 3 is 2.62 bits per heavy atom. The molecule has 0 bridgehead atoms. The molecule has 0 heterocycles. The van der Waals surface area contributed by atoms with Gasteiger partial charge in [-0.2, -0.15) is 0 Å². The molecule has 1 N–H and O–H groups in total. The Hall–Kier alpha value is -2.11. The van der Waals surface area contributed by atoms with Crippen LogP contribution in [-0.2, 0) is 0 Å². The summed E-state index contributed by atoms with van der Waals surface area (Å²) in [6, 6.07) is 9.12. The summed E-state index contributed by atoms with van der Waals surface area (Å²) in [5.74, 6) is -0.616. The Kier molecular flexibility index (Phi) is 4.45. The van der Waals surface area contributed by atoms with E-state index in [4.69, 9.17) is 23.2 Å². The highest BCUT2D eigenvalue weighted by atomic mass is 35.5. The lowest BCUT2D eigenvalue weighted by Crippen LogP contribution is -2.14. The third-order valence-corrected chi connectivity index (χ3v) is 3.41. The fourth-order valence-corrected chi connectivity index (χ4v) is 2.20. The third-order valence-electron chi connectivity index (χ3n) is 2.84. The Bertz CT molecular complexity index is 732. The van der Waals surface area contributed by atoms with Gasteiger partial charge < -0.3 is 5.32 Å². The van der Waals surface area contributed by atoms with Gasteiger partial charge in [-0.3, -0.25) is 14.9 Å². The van der Waals surface area contributed by atoms with E-state index in [-0.39, 0.29) is 11.3 Å². The maximum Gasteiger partial charge on any atom is 0.285 e. The van der Waals surface area contributed by atoms with Crippen LogP contribution >= 0.6 is 23.2 Å². The van der Waals surface area contributed by atoms with Crippen molar-refractivity contribution in [3.8, 4) is 0 Å². The van der Waals surface area contributed by atoms with Crippen molar-refractivity contribution in [3.63, 3.8) is 0 Å². The molecule has 0 spiro atoms. The number of benzene rings is 2. The van der Waals surface area contributed by atoms with Gasteiger partial charge >= 0.3 is 0 Å². The second-order valence-electron chi connectivity index (χ2n) is 4.31. The van der Waals surface area contributed by atoms with E-state index in [0.29, 0.717) is 21.3 Å². The smallest absolute Gasteiger partial charge is 0.285 e. The zero-order valence-corrected chi connectivity index (χ0v) is 12.4. The largest absolute Gasteiger partial charge is 0.320 e. The highest BCUT2D eigenvalue weighted by Gasteiger charge is 2.22. The van der Waals surface area contributed by atoms with E-state index >= 15 is 0 Å². The molecule has 2 aromatic rings. The third kappa shape index (κ3) is 3.32. The number of nitro benzene ring substituents is 1. The van der Waals surface area contributed by atoms with E-state index in [0.717, 1.165) is 0 Å². The van der Waals surface area contributed by atoms with Crippen LogP contribution in [0.1, 0.15) is 15.9 Å². The van der Waals surface area contributed by atoms with E-state index in [1.807, 2.05) is 0 Å². The van der Waals surface area contributed by atoms with Crippen LogP contribution in [0.25, 0.3) is 0 Å². The molecule has 0 aromatic heterocycles. The summed E-state index contributed by atoms with van der Waals surface area (Å²) in [5, 5.41) is 14.3. The van der Waals surface area contributed by atoms with Crippen molar-refractivity contribution in [3.05, 3.63) is 67.7 Å². The average molecular weight is 325 g/mol. The fraction of sp³-hybridized carbons (Fsp3) is 0.0714. The maximum absolute atomic E-state index is 12.2. The molecule has 108 valence electrons. The highest BCUT2D eigenvalue weighted by Crippen LogP contribution is 2.28. The van der Waals surface area contributed by atoms with Crippen molar-refractivity contribution in [1.29, 1.82) is 0 Å². The molecule has 0 atom stereocenters. The molecule has 21 heavy (non-hydrogen) atoms. The van der Waals surface area contributed by atoms with E-state index < -0.39 is 10.8 Å². The maximum atomic E-state index is 12.2. The quantitative estimate of drug-likeness (QED) is 0.669. The van der Waals surface area contributed by atoms with Gasteiger partial charge in [-0.15, -0.1) is 0 Å². The minimum Gasteiger partial charge on any atom is -0.320 e. The van der Waals surface area contributed by atoms with Crippen molar-refractivity contribution < 1.29 is 9.72 Å². The number of nitro groups is 1. The minimum atomic E-state index is -0.616. The Balaban J connectivity index is 2.40. The monoisotopic (exact) mass is 324 g/mol. The van der Waals surface area contributed by atoms with Gasteiger partial charge in [0, 0.05) is 10.6 Å². The summed E-state index contributed by atoms with van der Waals surface area (Å²) in [6.45, 7) is 1.57. The summed E-state index contributed by atoms with van der Waals surface area (Å²) < 4.78 is 0. The van der Waals surface area contributed by atoms with Gasteiger partial charge in [0.15, 0.2) is 0 Å². The first-order valence-electron chi connectivity index (χ1n) is 5.90. The fourth-order valence-electron chi connectivity index (χ4n) is 1.87. The number of carbonyl (C=O) groups excluding carboxylic acids is 1. The van der Waals surface area contributed by atoms with Crippen LogP contribution in [0, 0.1) is 17.0 Å². The van der Waals surface area contributed by atoms with Crippen molar-refractivity contribution in [2.75, 3.05) is 5.32 Å². The molecule has 0 radical (unpaired) electrons. The van der Waals surface area contributed by atoms with Gasteiger partial charge in [0.05, 0.1) is 15.6 Å². The van der Waals surface area contributed by atoms with E-state index in [1.165, 1.54) is 18.2 Å². The molecule has 0 fully saturated rings. The molecule has 0 aliphatic rings. The minimum absolute atomic E-state index is 0.0314. The van der Waals surface area contributed by atoms with Gasteiger partial charge in [-0.25, -0.2) is 0 Å². The summed E-state index contributed by atoms with van der Waals surface area (Å²) in [4.78, 5) is 22.8. The molecule has 5 nitrogen and oxygen atoms in total. The van der Waals surface area contributed by atoms with Gasteiger partial charge in [0.2, 0.25) is 0 Å². The Morgan fingerprint density at radius 2 is 1.95 bits per heavy atom. The number of rotatable bonds is 3. The number of aryl methyl sites for hydroxylation is 1. The molecule has 0 saturated heterocycles. The second kappa shape index (κ2) is 6.11. The van der Waals surface area contributed by atoms with Crippen LogP contribution in [0.3, 0.4) is 0 Å². The SMILES string of the molecule is Cc1cccc(C(=O)Nc2cc(Cl)ccc2Cl)c1[N+](=O)[O-]. The molecule has 2 rings (SSSR count). The molecule has 0 saturated carbocycles. The number of nitrogens with one attached hydrogen (secondary N) is 1. The number of nitrogens with zero attached hydrogens (tertiary/aromatic N) is 1. The molecule has 0 aliphatic carbocycles. The van der Waals surface area contributed by atoms with E-state index in [1.54, 1.807) is 25.1 Å². The van der Waals surface area contributed by atoms with Crippen LogP contribution in [-0.4, -0.2) is 10.8 Å². The lowest BCUT2D eigenvalue weighted by Gasteiger charge is -2.09. The summed E-state index contributed by atoms with van der Waals surface area (Å²) in [5.41, 5.74) is 0.444. The van der Waals surface area contributed by atoms with E-state index in [2.05, 4.69) is 5.32 Å². The number of halogens is 2. The van der Waals surface area contributed by atoms with Gasteiger partial charge in [-0.05, 0) is 31.2 Å². The van der Waals surface area contributed by atoms with Crippen LogP contribution in [0.5, 0.6) is 0 Å². The summed E-state index contributed by atoms with van der Waals surface area (Å²) >= 11 is 11.8. The van der Waals surface area contributed by atoms with E-state index in [9.17, 15) is 14.9 Å². The standard InChI is InChI=1S/C14H10Cl2N2O3/c1-8-3-2-4-10(13(8)18(20)21)14(19)17-12-7-9(15)5-6-11(12)16/h2-7H,1H3,(H,17,19). The van der Waals surface area contributed by atoms with Crippen molar-refractivity contribution in [2.45, 2.75) is 6.92 Å². The zero-order chi connectivity index (χ0) is 15.6. The molecule has 1 amide bonds. The van der Waals surface area contributed by atoms with Crippen LogP contribution < -0.4 is 5.32 Å². The number of carbonyl (C=O) groups is 1. The topological polar surface area (TPSA) is 72.2 Å². The van der Waals surface area contributed by atoms with Crippen LogP contribution in [0.4, 0.5) is 11.4 Å². The lowest BCUT2D eigenvalue weighted by atomic mass is 10.1. The predicted molar refractivity (Wildman–Crippen MR) is 82.2 cm³/mol. The van der Waals surface area contributed by atoms with Crippen molar-refractivity contribution >= 4 is 40.5 Å². The number of anilines is 1. The first kappa shape index (κ1) is 15.3. The Morgan fingerprint density at radius 1 is 1.24 bits per heavy atom. The van der Waals surface area contributed by atoms with Crippen LogP contribution in [0.15, 0.2) is 36.4 Å². The van der Waals surface area contributed by atoms with Gasteiger partial charge in [-0.1, -0.05) is 35.3 Å². The molecule has 2 aromatic carbocycles. The van der Waals surface area contributed by atoms with Crippen molar-refractivity contribution in [1.82, 2.24) is 0 Å². The predicted octanol–water partition coefficient (Wildman–Crippen LogP) is 4.46. The zero-order valence-electron chi connectivity index (χ0n) is 10.9. The molecule has 0 unspecified atom stereocenters. The first-order chi connectivity index (χ1) is 9.90. The molecule has 0 aliphatic heterocycles. The number of hydrogen-bond acceptors (Lipinski definition) is 3. The average Bonchev–Trinajstić information content (AvgIpc) is 2.42. The lowest BCUT2D eigenvalue weighted by molar-refractivity contribution is -0.385. The number of para-hydroxylation sites is 1. The first-order valence-corrected chi connectivity index (χ1v) is 6.66. The van der Waals surface area contributed by atoms with Crippen LogP contribution in [0.2, 0.25) is 10.0 Å². The molecular formula is C14H10Cl2N2O3.